The van der Waals surface area contributed by atoms with Crippen LogP contribution in [-0.2, 0) is 9.59 Å². The van der Waals surface area contributed by atoms with Crippen molar-refractivity contribution in [2.24, 2.45) is 0 Å². The van der Waals surface area contributed by atoms with Crippen molar-refractivity contribution in [1.82, 2.24) is 25.5 Å². The van der Waals surface area contributed by atoms with Gasteiger partial charge in [-0.25, -0.2) is 0 Å². The number of hydrogen-bond acceptors (Lipinski definition) is 6. The van der Waals surface area contributed by atoms with Crippen LogP contribution in [0.4, 0.5) is 5.69 Å². The van der Waals surface area contributed by atoms with E-state index in [-0.39, 0.29) is 17.1 Å². The number of anilines is 1. The van der Waals surface area contributed by atoms with E-state index >= 15 is 0 Å². The maximum atomic E-state index is 12.1. The Hall–Kier alpha value is -2.42. The number of thioether (sulfide) groups is 1. The summed E-state index contributed by atoms with van der Waals surface area (Å²) in [6.07, 6.45) is 2.79. The molecule has 126 valence electrons. The van der Waals surface area contributed by atoms with Crippen LogP contribution >= 0.6 is 11.8 Å². The summed E-state index contributed by atoms with van der Waals surface area (Å²) in [4.78, 5) is 23.3. The van der Waals surface area contributed by atoms with Gasteiger partial charge in [0.1, 0.15) is 0 Å². The molecule has 0 spiro atoms. The van der Waals surface area contributed by atoms with E-state index in [1.807, 2.05) is 12.1 Å². The number of carbonyl (C=O) groups excluding carboxylic acids is 2. The smallest absolute Gasteiger partial charge is 0.233 e. The van der Waals surface area contributed by atoms with Crippen molar-refractivity contribution in [2.45, 2.75) is 36.6 Å². The minimum absolute atomic E-state index is 0.0269. The van der Waals surface area contributed by atoms with E-state index in [0.29, 0.717) is 10.8 Å². The highest BCUT2D eigenvalue weighted by Crippen LogP contribution is 2.28. The first-order valence-corrected chi connectivity index (χ1v) is 8.62. The topological polar surface area (TPSA) is 102 Å². The predicted molar refractivity (Wildman–Crippen MR) is 90.0 cm³/mol. The number of nitrogens with one attached hydrogen (secondary N) is 2. The first kappa shape index (κ1) is 16.4. The Kier molecular flexibility index (Phi) is 5.09. The Morgan fingerprint density at radius 2 is 2.29 bits per heavy atom. The predicted octanol–water partition coefficient (Wildman–Crippen LogP) is 1.38. The fraction of sp³-hybridized carbons (Fsp3) is 0.400. The van der Waals surface area contributed by atoms with E-state index in [1.54, 1.807) is 16.8 Å². The average Bonchev–Trinajstić information content (AvgIpc) is 2.91. The number of nitrogens with zero attached hydrogens (tertiary/aromatic N) is 4. The maximum Gasteiger partial charge on any atom is 0.233 e. The Bertz CT molecular complexity index is 747. The van der Waals surface area contributed by atoms with Gasteiger partial charge in [0.05, 0.1) is 10.9 Å². The maximum absolute atomic E-state index is 12.1. The number of benzene rings is 1. The summed E-state index contributed by atoms with van der Waals surface area (Å²) in [6.45, 7) is 2.18. The van der Waals surface area contributed by atoms with Gasteiger partial charge in [0.15, 0.2) is 0 Å². The molecule has 3 rings (SSSR count). The summed E-state index contributed by atoms with van der Waals surface area (Å²) in [5.41, 5.74) is 1.39. The molecule has 2 heterocycles. The summed E-state index contributed by atoms with van der Waals surface area (Å²) in [5.74, 6) is -0.118. The summed E-state index contributed by atoms with van der Waals surface area (Å²) in [7, 11) is 0. The normalized spacial score (nSPS) is 17.9. The largest absolute Gasteiger partial charge is 0.355 e. The Morgan fingerprint density at radius 1 is 1.42 bits per heavy atom. The number of carbonyl (C=O) groups is 2. The quantitative estimate of drug-likeness (QED) is 0.867. The molecule has 1 unspecified atom stereocenters. The Labute approximate surface area is 143 Å². The van der Waals surface area contributed by atoms with Crippen LogP contribution < -0.4 is 10.6 Å². The van der Waals surface area contributed by atoms with Gasteiger partial charge < -0.3 is 10.6 Å². The van der Waals surface area contributed by atoms with Crippen molar-refractivity contribution in [3.8, 4) is 5.69 Å². The minimum atomic E-state index is -0.198. The van der Waals surface area contributed by atoms with Crippen LogP contribution in [0.2, 0.25) is 0 Å². The van der Waals surface area contributed by atoms with E-state index in [9.17, 15) is 9.59 Å². The minimum Gasteiger partial charge on any atom is -0.355 e. The van der Waals surface area contributed by atoms with Gasteiger partial charge in [-0.3, -0.25) is 9.59 Å². The van der Waals surface area contributed by atoms with Crippen LogP contribution in [0, 0.1) is 0 Å². The molecule has 0 bridgehead atoms. The van der Waals surface area contributed by atoms with Crippen molar-refractivity contribution in [3.63, 3.8) is 0 Å². The lowest BCUT2D eigenvalue weighted by molar-refractivity contribution is -0.120. The third kappa shape index (κ3) is 3.91. The van der Waals surface area contributed by atoms with E-state index < -0.39 is 0 Å². The molecule has 2 N–H and O–H groups in total. The molecule has 1 atom stereocenters. The van der Waals surface area contributed by atoms with Gasteiger partial charge in [0.2, 0.25) is 17.0 Å². The lowest BCUT2D eigenvalue weighted by atomic mass is 10.2. The SMILES string of the molecule is CC(=O)Nc1cccc(-n2nnnc2SC2CCCCNC2=O)c1. The van der Waals surface area contributed by atoms with E-state index in [1.165, 1.54) is 18.7 Å². The van der Waals surface area contributed by atoms with Crippen molar-refractivity contribution < 1.29 is 9.59 Å². The van der Waals surface area contributed by atoms with Gasteiger partial charge in [0, 0.05) is 19.2 Å². The molecular formula is C15H18N6O2S. The second-order valence-corrected chi connectivity index (χ2v) is 6.67. The summed E-state index contributed by atoms with van der Waals surface area (Å²) < 4.78 is 1.58. The lowest BCUT2D eigenvalue weighted by Crippen LogP contribution is -2.30. The molecule has 0 radical (unpaired) electrons. The highest BCUT2D eigenvalue weighted by Gasteiger charge is 2.24. The van der Waals surface area contributed by atoms with Crippen LogP contribution in [0.1, 0.15) is 26.2 Å². The van der Waals surface area contributed by atoms with Crippen LogP contribution in [0.3, 0.4) is 0 Å². The molecule has 0 saturated carbocycles. The van der Waals surface area contributed by atoms with Gasteiger partial charge >= 0.3 is 0 Å². The summed E-state index contributed by atoms with van der Waals surface area (Å²) in [6, 6.07) is 7.24. The number of aromatic nitrogens is 4. The molecule has 2 aromatic rings. The average molecular weight is 346 g/mol. The van der Waals surface area contributed by atoms with Gasteiger partial charge in [-0.2, -0.15) is 4.68 Å². The molecular weight excluding hydrogens is 328 g/mol. The molecule has 1 fully saturated rings. The second kappa shape index (κ2) is 7.43. The fourth-order valence-corrected chi connectivity index (χ4v) is 3.54. The van der Waals surface area contributed by atoms with Crippen molar-refractivity contribution in [1.29, 1.82) is 0 Å². The first-order chi connectivity index (χ1) is 11.6. The zero-order chi connectivity index (χ0) is 16.9. The molecule has 24 heavy (non-hydrogen) atoms. The molecule has 2 amide bonds. The van der Waals surface area contributed by atoms with E-state index in [0.717, 1.165) is 31.5 Å². The van der Waals surface area contributed by atoms with Crippen LogP contribution in [0.25, 0.3) is 5.69 Å². The van der Waals surface area contributed by atoms with Crippen LogP contribution in [0.15, 0.2) is 29.4 Å². The molecule has 1 saturated heterocycles. The van der Waals surface area contributed by atoms with E-state index in [4.69, 9.17) is 0 Å². The van der Waals surface area contributed by atoms with Crippen LogP contribution in [0.5, 0.6) is 0 Å². The van der Waals surface area contributed by atoms with Crippen molar-refractivity contribution in [3.05, 3.63) is 24.3 Å². The van der Waals surface area contributed by atoms with Gasteiger partial charge in [-0.15, -0.1) is 5.10 Å². The molecule has 1 aliphatic rings. The fourth-order valence-electron chi connectivity index (χ4n) is 2.48. The highest BCUT2D eigenvalue weighted by atomic mass is 32.2. The Morgan fingerprint density at radius 3 is 3.12 bits per heavy atom. The highest BCUT2D eigenvalue weighted by molar-refractivity contribution is 8.00. The molecule has 9 heteroatoms. The monoisotopic (exact) mass is 346 g/mol. The molecule has 0 aliphatic carbocycles. The Balaban J connectivity index is 1.82. The molecule has 1 aliphatic heterocycles. The van der Waals surface area contributed by atoms with Gasteiger partial charge in [-0.05, 0) is 41.5 Å². The third-order valence-corrected chi connectivity index (χ3v) is 4.78. The number of hydrogen-bond donors (Lipinski definition) is 2. The lowest BCUT2D eigenvalue weighted by Gasteiger charge is -2.12. The number of tetrazole rings is 1. The molecule has 1 aromatic carbocycles. The number of rotatable bonds is 4. The second-order valence-electron chi connectivity index (χ2n) is 5.50. The van der Waals surface area contributed by atoms with E-state index in [2.05, 4.69) is 26.2 Å². The first-order valence-electron chi connectivity index (χ1n) is 7.74. The molecule has 1 aromatic heterocycles. The zero-order valence-corrected chi connectivity index (χ0v) is 14.0. The summed E-state index contributed by atoms with van der Waals surface area (Å²) in [5, 5.41) is 17.8. The molecule has 8 nitrogen and oxygen atoms in total. The third-order valence-electron chi connectivity index (χ3n) is 3.58. The summed E-state index contributed by atoms with van der Waals surface area (Å²) >= 11 is 1.36. The standard InChI is InChI=1S/C15H18N6O2S/c1-10(22)17-11-5-4-6-12(9-11)21-15(18-19-20-21)24-13-7-2-3-8-16-14(13)23/h4-6,9,13H,2-3,7-8H2,1H3,(H,16,23)(H,17,22). The van der Waals surface area contributed by atoms with Crippen molar-refractivity contribution >= 4 is 29.3 Å². The van der Waals surface area contributed by atoms with Crippen LogP contribution in [-0.4, -0.2) is 43.8 Å². The van der Waals surface area contributed by atoms with Gasteiger partial charge in [-0.1, -0.05) is 24.2 Å². The number of amides is 2. The van der Waals surface area contributed by atoms with Crippen molar-refractivity contribution in [2.75, 3.05) is 11.9 Å². The zero-order valence-electron chi connectivity index (χ0n) is 13.2. The van der Waals surface area contributed by atoms with Gasteiger partial charge in [0.25, 0.3) is 0 Å².